The molecule has 1 amide bonds. The Morgan fingerprint density at radius 2 is 2.08 bits per heavy atom. The number of carbonyl (C=O) groups excluding carboxylic acids is 1. The van der Waals surface area contributed by atoms with Crippen LogP contribution in [0.15, 0.2) is 42.7 Å². The second-order valence-electron chi connectivity index (χ2n) is 5.70. The van der Waals surface area contributed by atoms with E-state index < -0.39 is 0 Å². The molecule has 25 heavy (non-hydrogen) atoms. The number of benzene rings is 1. The molecular formula is C18H14N6O. The van der Waals surface area contributed by atoms with Crippen molar-refractivity contribution in [3.05, 3.63) is 54.1 Å². The van der Waals surface area contributed by atoms with E-state index in [2.05, 4.69) is 31.3 Å². The summed E-state index contributed by atoms with van der Waals surface area (Å²) in [5.74, 6) is 0.425. The van der Waals surface area contributed by atoms with Crippen molar-refractivity contribution >= 4 is 33.7 Å². The van der Waals surface area contributed by atoms with Crippen LogP contribution in [0.5, 0.6) is 0 Å². The van der Waals surface area contributed by atoms with Crippen LogP contribution in [0.4, 0.5) is 5.69 Å². The lowest BCUT2D eigenvalue weighted by Gasteiger charge is -2.04. The third-order valence-corrected chi connectivity index (χ3v) is 3.93. The van der Waals surface area contributed by atoms with Crippen molar-refractivity contribution in [1.29, 1.82) is 5.26 Å². The smallest absolute Gasteiger partial charge is 0.231 e. The highest BCUT2D eigenvalue weighted by Crippen LogP contribution is 2.21. The molecule has 7 nitrogen and oxygen atoms in total. The van der Waals surface area contributed by atoms with Gasteiger partial charge in [0.1, 0.15) is 17.0 Å². The third-order valence-electron chi connectivity index (χ3n) is 3.93. The fraction of sp³-hybridized carbons (Fsp3) is 0.111. The molecule has 3 heterocycles. The molecule has 0 saturated carbocycles. The van der Waals surface area contributed by atoms with Crippen LogP contribution in [-0.2, 0) is 17.6 Å². The van der Waals surface area contributed by atoms with Gasteiger partial charge >= 0.3 is 0 Å². The topological polar surface area (TPSA) is 110 Å². The number of aromatic nitrogens is 4. The largest absolute Gasteiger partial charge is 0.346 e. The van der Waals surface area contributed by atoms with Gasteiger partial charge in [-0.05, 0) is 23.8 Å². The van der Waals surface area contributed by atoms with Crippen molar-refractivity contribution < 1.29 is 4.79 Å². The molecule has 0 bridgehead atoms. The molecule has 122 valence electrons. The van der Waals surface area contributed by atoms with Gasteiger partial charge < -0.3 is 15.3 Å². The summed E-state index contributed by atoms with van der Waals surface area (Å²) in [6.45, 7) is 0. The van der Waals surface area contributed by atoms with Crippen molar-refractivity contribution in [3.63, 3.8) is 0 Å². The SMILES string of the molecule is N#CCc1ccc(NC(=O)Cc2nc3c(cnc4[nH]ccc43)[nH]2)cc1. The molecule has 0 saturated heterocycles. The number of H-pyrrole nitrogens is 2. The van der Waals surface area contributed by atoms with E-state index in [1.54, 1.807) is 18.3 Å². The van der Waals surface area contributed by atoms with Crippen LogP contribution in [0.2, 0.25) is 0 Å². The lowest BCUT2D eigenvalue weighted by molar-refractivity contribution is -0.115. The highest BCUT2D eigenvalue weighted by molar-refractivity contribution is 6.01. The number of nitriles is 1. The van der Waals surface area contributed by atoms with Crippen molar-refractivity contribution in [2.45, 2.75) is 12.8 Å². The first-order valence-electron chi connectivity index (χ1n) is 7.79. The van der Waals surface area contributed by atoms with Gasteiger partial charge in [0.15, 0.2) is 0 Å². The van der Waals surface area contributed by atoms with Gasteiger partial charge in [0.25, 0.3) is 0 Å². The van der Waals surface area contributed by atoms with E-state index in [-0.39, 0.29) is 12.3 Å². The predicted octanol–water partition coefficient (Wildman–Crippen LogP) is 2.69. The Kier molecular flexibility index (Phi) is 3.63. The summed E-state index contributed by atoms with van der Waals surface area (Å²) in [6, 6.07) is 11.2. The van der Waals surface area contributed by atoms with Gasteiger partial charge in [-0.2, -0.15) is 5.26 Å². The van der Waals surface area contributed by atoms with E-state index in [9.17, 15) is 4.79 Å². The maximum absolute atomic E-state index is 12.2. The Labute approximate surface area is 142 Å². The molecule has 0 spiro atoms. The first-order valence-corrected chi connectivity index (χ1v) is 7.79. The predicted molar refractivity (Wildman–Crippen MR) is 93.8 cm³/mol. The number of carbonyl (C=O) groups is 1. The van der Waals surface area contributed by atoms with Crippen LogP contribution in [-0.4, -0.2) is 25.8 Å². The Balaban J connectivity index is 1.50. The van der Waals surface area contributed by atoms with Crippen molar-refractivity contribution in [3.8, 4) is 6.07 Å². The van der Waals surface area contributed by atoms with Crippen LogP contribution < -0.4 is 5.32 Å². The molecule has 3 aromatic heterocycles. The highest BCUT2D eigenvalue weighted by atomic mass is 16.1. The molecule has 4 rings (SSSR count). The molecule has 0 aliphatic heterocycles. The first kappa shape index (κ1) is 14.9. The minimum atomic E-state index is -0.162. The number of anilines is 1. The summed E-state index contributed by atoms with van der Waals surface area (Å²) in [7, 11) is 0. The Bertz CT molecular complexity index is 1100. The van der Waals surface area contributed by atoms with E-state index in [0.717, 1.165) is 27.6 Å². The van der Waals surface area contributed by atoms with Gasteiger partial charge in [0.2, 0.25) is 5.91 Å². The zero-order valence-electron chi connectivity index (χ0n) is 13.2. The Hall–Kier alpha value is -3.66. The zero-order valence-corrected chi connectivity index (χ0v) is 13.2. The number of hydrogen-bond acceptors (Lipinski definition) is 4. The number of nitrogens with one attached hydrogen (secondary N) is 3. The first-order chi connectivity index (χ1) is 12.2. The van der Waals surface area contributed by atoms with Gasteiger partial charge in [-0.15, -0.1) is 0 Å². The van der Waals surface area contributed by atoms with Crippen LogP contribution >= 0.6 is 0 Å². The van der Waals surface area contributed by atoms with Crippen molar-refractivity contribution in [2.24, 2.45) is 0 Å². The van der Waals surface area contributed by atoms with E-state index in [1.165, 1.54) is 0 Å². The minimum Gasteiger partial charge on any atom is -0.346 e. The lowest BCUT2D eigenvalue weighted by Crippen LogP contribution is -2.15. The number of hydrogen-bond donors (Lipinski definition) is 3. The van der Waals surface area contributed by atoms with Crippen molar-refractivity contribution in [1.82, 2.24) is 19.9 Å². The normalized spacial score (nSPS) is 10.8. The summed E-state index contributed by atoms with van der Waals surface area (Å²) >= 11 is 0. The molecule has 4 aromatic rings. The number of nitrogens with zero attached hydrogens (tertiary/aromatic N) is 3. The molecule has 0 fully saturated rings. The quantitative estimate of drug-likeness (QED) is 0.534. The van der Waals surface area contributed by atoms with Crippen LogP contribution in [0.25, 0.3) is 22.1 Å². The van der Waals surface area contributed by atoms with Gasteiger partial charge in [0, 0.05) is 17.3 Å². The summed E-state index contributed by atoms with van der Waals surface area (Å²) in [5, 5.41) is 12.4. The fourth-order valence-corrected chi connectivity index (χ4v) is 2.76. The van der Waals surface area contributed by atoms with Crippen LogP contribution in [0.1, 0.15) is 11.4 Å². The number of fused-ring (bicyclic) bond motifs is 3. The molecule has 0 unspecified atom stereocenters. The molecular weight excluding hydrogens is 316 g/mol. The minimum absolute atomic E-state index is 0.139. The number of rotatable bonds is 4. The number of pyridine rings is 1. The summed E-state index contributed by atoms with van der Waals surface area (Å²) in [5.41, 5.74) is 3.98. The molecule has 3 N–H and O–H groups in total. The van der Waals surface area contributed by atoms with E-state index >= 15 is 0 Å². The molecule has 0 aliphatic rings. The van der Waals surface area contributed by atoms with E-state index in [1.807, 2.05) is 24.4 Å². The van der Waals surface area contributed by atoms with E-state index in [4.69, 9.17) is 5.26 Å². The second-order valence-corrected chi connectivity index (χ2v) is 5.70. The lowest BCUT2D eigenvalue weighted by atomic mass is 10.1. The maximum atomic E-state index is 12.2. The molecule has 1 aromatic carbocycles. The fourth-order valence-electron chi connectivity index (χ4n) is 2.76. The van der Waals surface area contributed by atoms with Crippen LogP contribution in [0, 0.1) is 11.3 Å². The standard InChI is InChI=1S/C18H14N6O/c19-7-5-11-1-3-12(4-2-11)22-16(25)9-15-23-14-10-21-18-13(6-8-20-18)17(14)24-15/h1-4,6,8,10H,5,9H2,(H,20,21)(H,22,25)(H,23,24). The zero-order chi connectivity index (χ0) is 17.2. The molecule has 0 radical (unpaired) electrons. The maximum Gasteiger partial charge on any atom is 0.231 e. The van der Waals surface area contributed by atoms with E-state index in [0.29, 0.717) is 17.9 Å². The summed E-state index contributed by atoms with van der Waals surface area (Å²) < 4.78 is 0. The van der Waals surface area contributed by atoms with Gasteiger partial charge in [0.05, 0.1) is 30.6 Å². The number of aromatic amines is 2. The Morgan fingerprint density at radius 3 is 2.88 bits per heavy atom. The Morgan fingerprint density at radius 1 is 1.24 bits per heavy atom. The third kappa shape index (κ3) is 2.93. The number of amides is 1. The average molecular weight is 330 g/mol. The molecule has 0 atom stereocenters. The van der Waals surface area contributed by atoms with Gasteiger partial charge in [-0.25, -0.2) is 9.97 Å². The summed E-state index contributed by atoms with van der Waals surface area (Å²) in [6.07, 6.45) is 4.01. The molecule has 7 heteroatoms. The van der Waals surface area contributed by atoms with Crippen molar-refractivity contribution in [2.75, 3.05) is 5.32 Å². The molecule has 0 aliphatic carbocycles. The van der Waals surface area contributed by atoms with Gasteiger partial charge in [-0.1, -0.05) is 12.1 Å². The summed E-state index contributed by atoms with van der Waals surface area (Å²) in [4.78, 5) is 27.2. The monoisotopic (exact) mass is 330 g/mol. The van der Waals surface area contributed by atoms with Crippen LogP contribution in [0.3, 0.4) is 0 Å². The average Bonchev–Trinajstić information content (AvgIpc) is 3.22. The number of imidazole rings is 1. The second kappa shape index (κ2) is 6.09. The highest BCUT2D eigenvalue weighted by Gasteiger charge is 2.11. The van der Waals surface area contributed by atoms with Gasteiger partial charge in [-0.3, -0.25) is 4.79 Å².